The Bertz CT molecular complexity index is 866. The first kappa shape index (κ1) is 19.1. The van der Waals surface area contributed by atoms with Gasteiger partial charge in [0, 0.05) is 23.6 Å². The van der Waals surface area contributed by atoms with E-state index in [1.165, 1.54) is 0 Å². The molecule has 0 aliphatic heterocycles. The summed E-state index contributed by atoms with van der Waals surface area (Å²) < 4.78 is 10.8. The molecule has 6 nitrogen and oxygen atoms in total. The van der Waals surface area contributed by atoms with E-state index in [1.54, 1.807) is 7.11 Å². The van der Waals surface area contributed by atoms with Crippen LogP contribution in [-0.4, -0.2) is 26.3 Å². The number of carbonyl (C=O) groups excluding carboxylic acids is 1. The Kier molecular flexibility index (Phi) is 6.73. The lowest BCUT2D eigenvalue weighted by molar-refractivity contribution is 0.262. The van der Waals surface area contributed by atoms with Gasteiger partial charge in [-0.15, -0.1) is 0 Å². The van der Waals surface area contributed by atoms with Crippen LogP contribution in [0.5, 0.6) is 11.5 Å². The molecule has 0 radical (unpaired) electrons. The van der Waals surface area contributed by atoms with E-state index in [9.17, 15) is 4.79 Å². The summed E-state index contributed by atoms with van der Waals surface area (Å²) in [6.45, 7) is 1.19. The van der Waals surface area contributed by atoms with Gasteiger partial charge in [0.15, 0.2) is 0 Å². The monoisotopic (exact) mass is 377 g/mol. The van der Waals surface area contributed by atoms with Gasteiger partial charge in [-0.25, -0.2) is 4.79 Å². The van der Waals surface area contributed by atoms with Crippen LogP contribution in [0.25, 0.3) is 0 Å². The molecular formula is C22H23N3O3. The summed E-state index contributed by atoms with van der Waals surface area (Å²) in [7, 11) is 1.64. The minimum Gasteiger partial charge on any atom is -0.497 e. The van der Waals surface area contributed by atoms with Crippen LogP contribution >= 0.6 is 0 Å². The molecule has 3 aromatic rings. The number of anilines is 3. The lowest BCUT2D eigenvalue weighted by atomic mass is 10.3. The fourth-order valence-corrected chi connectivity index (χ4v) is 2.52. The van der Waals surface area contributed by atoms with Gasteiger partial charge < -0.3 is 25.4 Å². The van der Waals surface area contributed by atoms with E-state index < -0.39 is 0 Å². The average molecular weight is 377 g/mol. The lowest BCUT2D eigenvalue weighted by Crippen LogP contribution is -2.19. The highest BCUT2D eigenvalue weighted by Crippen LogP contribution is 2.17. The Morgan fingerprint density at radius 2 is 1.32 bits per heavy atom. The van der Waals surface area contributed by atoms with E-state index >= 15 is 0 Å². The largest absolute Gasteiger partial charge is 0.497 e. The third-order valence-corrected chi connectivity index (χ3v) is 3.93. The number of carbonyl (C=O) groups is 1. The van der Waals surface area contributed by atoms with Crippen LogP contribution in [-0.2, 0) is 0 Å². The Balaban J connectivity index is 1.39. The summed E-state index contributed by atoms with van der Waals surface area (Å²) in [6, 6.07) is 24.0. The molecule has 2 amide bonds. The maximum atomic E-state index is 12.0. The first-order chi connectivity index (χ1) is 13.7. The molecule has 0 saturated carbocycles. The molecule has 0 aliphatic rings. The van der Waals surface area contributed by atoms with E-state index in [0.29, 0.717) is 18.8 Å². The number of urea groups is 1. The molecule has 0 unspecified atom stereocenters. The van der Waals surface area contributed by atoms with E-state index in [1.807, 2.05) is 78.9 Å². The molecule has 0 aromatic heterocycles. The van der Waals surface area contributed by atoms with Crippen LogP contribution in [0.2, 0.25) is 0 Å². The molecule has 3 N–H and O–H groups in total. The van der Waals surface area contributed by atoms with Gasteiger partial charge in [0.05, 0.1) is 7.11 Å². The zero-order chi connectivity index (χ0) is 19.6. The quantitative estimate of drug-likeness (QED) is 0.492. The normalized spacial score (nSPS) is 10.0. The highest BCUT2D eigenvalue weighted by molar-refractivity contribution is 5.99. The van der Waals surface area contributed by atoms with Gasteiger partial charge in [-0.3, -0.25) is 0 Å². The maximum Gasteiger partial charge on any atom is 0.323 e. The summed E-state index contributed by atoms with van der Waals surface area (Å²) in [5, 5.41) is 8.86. The molecule has 6 heteroatoms. The van der Waals surface area contributed by atoms with Gasteiger partial charge >= 0.3 is 6.03 Å². The van der Waals surface area contributed by atoms with E-state index in [2.05, 4.69) is 16.0 Å². The molecule has 0 fully saturated rings. The van der Waals surface area contributed by atoms with Crippen molar-refractivity contribution in [2.24, 2.45) is 0 Å². The number of hydrogen-bond donors (Lipinski definition) is 3. The van der Waals surface area contributed by atoms with Crippen molar-refractivity contribution in [3.8, 4) is 11.5 Å². The number of hydrogen-bond acceptors (Lipinski definition) is 4. The maximum absolute atomic E-state index is 12.0. The van der Waals surface area contributed by atoms with Crippen LogP contribution in [0.1, 0.15) is 0 Å². The van der Waals surface area contributed by atoms with Gasteiger partial charge in [0.1, 0.15) is 18.1 Å². The predicted molar refractivity (Wildman–Crippen MR) is 113 cm³/mol. The standard InChI is InChI=1S/C22H23N3O3/c1-27-20-11-13-21(14-12-20)28-16-15-23-17-7-9-19(10-8-17)25-22(26)24-18-5-3-2-4-6-18/h2-14,23H,15-16H2,1H3,(H2,24,25,26). The van der Waals surface area contributed by atoms with Gasteiger partial charge in [0.25, 0.3) is 0 Å². The van der Waals surface area contributed by atoms with Crippen molar-refractivity contribution < 1.29 is 14.3 Å². The van der Waals surface area contributed by atoms with Crippen molar-refractivity contribution in [2.45, 2.75) is 0 Å². The van der Waals surface area contributed by atoms with Gasteiger partial charge in [-0.2, -0.15) is 0 Å². The minimum absolute atomic E-state index is 0.278. The highest BCUT2D eigenvalue weighted by Gasteiger charge is 2.02. The van der Waals surface area contributed by atoms with E-state index in [0.717, 1.165) is 22.9 Å². The molecule has 0 spiro atoms. The molecule has 0 bridgehead atoms. The fraction of sp³-hybridized carbons (Fsp3) is 0.136. The Labute approximate surface area is 164 Å². The smallest absolute Gasteiger partial charge is 0.323 e. The summed E-state index contributed by atoms with van der Waals surface area (Å²) in [4.78, 5) is 12.0. The SMILES string of the molecule is COc1ccc(OCCNc2ccc(NC(=O)Nc3ccccc3)cc2)cc1. The third-order valence-electron chi connectivity index (χ3n) is 3.93. The Morgan fingerprint density at radius 3 is 1.96 bits per heavy atom. The minimum atomic E-state index is -0.278. The van der Waals surface area contributed by atoms with E-state index in [-0.39, 0.29) is 6.03 Å². The van der Waals surface area contributed by atoms with Crippen molar-refractivity contribution in [2.75, 3.05) is 36.2 Å². The molecule has 144 valence electrons. The van der Waals surface area contributed by atoms with Crippen molar-refractivity contribution in [3.05, 3.63) is 78.9 Å². The summed E-state index contributed by atoms with van der Waals surface area (Å²) >= 11 is 0. The molecule has 3 rings (SSSR count). The zero-order valence-electron chi connectivity index (χ0n) is 15.6. The second-order valence-electron chi connectivity index (χ2n) is 5.97. The second kappa shape index (κ2) is 9.87. The van der Waals surface area contributed by atoms with Crippen LogP contribution in [0.4, 0.5) is 21.9 Å². The summed E-state index contributed by atoms with van der Waals surface area (Å²) in [6.07, 6.45) is 0. The first-order valence-electron chi connectivity index (χ1n) is 8.97. The topological polar surface area (TPSA) is 71.6 Å². The molecule has 0 aliphatic carbocycles. The fourth-order valence-electron chi connectivity index (χ4n) is 2.52. The van der Waals surface area contributed by atoms with Crippen molar-refractivity contribution in [1.29, 1.82) is 0 Å². The van der Waals surface area contributed by atoms with Crippen LogP contribution in [0.3, 0.4) is 0 Å². The molecular weight excluding hydrogens is 354 g/mol. The van der Waals surface area contributed by atoms with Crippen molar-refractivity contribution >= 4 is 23.1 Å². The van der Waals surface area contributed by atoms with Crippen molar-refractivity contribution in [3.63, 3.8) is 0 Å². The number of nitrogens with one attached hydrogen (secondary N) is 3. The summed E-state index contributed by atoms with van der Waals surface area (Å²) in [5.74, 6) is 1.60. The Hall–Kier alpha value is -3.67. The highest BCUT2D eigenvalue weighted by atomic mass is 16.5. The van der Waals surface area contributed by atoms with Crippen LogP contribution < -0.4 is 25.4 Å². The molecule has 0 atom stereocenters. The van der Waals surface area contributed by atoms with Gasteiger partial charge in [0.2, 0.25) is 0 Å². The third kappa shape index (κ3) is 5.95. The lowest BCUT2D eigenvalue weighted by Gasteiger charge is -2.11. The second-order valence-corrected chi connectivity index (χ2v) is 5.97. The Morgan fingerprint density at radius 1 is 0.750 bits per heavy atom. The average Bonchev–Trinajstić information content (AvgIpc) is 2.73. The molecule has 0 heterocycles. The number of rotatable bonds is 8. The number of ether oxygens (including phenoxy) is 2. The number of amides is 2. The number of para-hydroxylation sites is 1. The first-order valence-corrected chi connectivity index (χ1v) is 8.97. The van der Waals surface area contributed by atoms with Gasteiger partial charge in [-0.05, 0) is 60.7 Å². The molecule has 0 saturated heterocycles. The van der Waals surface area contributed by atoms with Gasteiger partial charge in [-0.1, -0.05) is 18.2 Å². The van der Waals surface area contributed by atoms with Crippen molar-refractivity contribution in [1.82, 2.24) is 0 Å². The summed E-state index contributed by atoms with van der Waals surface area (Å²) in [5.41, 5.74) is 2.41. The molecule has 28 heavy (non-hydrogen) atoms. The van der Waals surface area contributed by atoms with Crippen LogP contribution in [0, 0.1) is 0 Å². The number of benzene rings is 3. The predicted octanol–water partition coefficient (Wildman–Crippen LogP) is 4.83. The number of methoxy groups -OCH3 is 1. The van der Waals surface area contributed by atoms with Crippen LogP contribution in [0.15, 0.2) is 78.9 Å². The van der Waals surface area contributed by atoms with E-state index in [4.69, 9.17) is 9.47 Å². The zero-order valence-corrected chi connectivity index (χ0v) is 15.6. The molecule has 3 aromatic carbocycles.